The molecule has 0 fully saturated rings. The van der Waals surface area contributed by atoms with E-state index in [4.69, 9.17) is 0 Å². The Kier molecular flexibility index (Phi) is 7.16. The third-order valence-electron chi connectivity index (χ3n) is 5.10. The van der Waals surface area contributed by atoms with E-state index in [2.05, 4.69) is 19.9 Å². The molecule has 0 unspecified atom stereocenters. The molecule has 1 amide bonds. The maximum absolute atomic E-state index is 12.6. The van der Waals surface area contributed by atoms with Gasteiger partial charge in [0.2, 0.25) is 5.91 Å². The van der Waals surface area contributed by atoms with E-state index in [9.17, 15) is 14.7 Å². The fourth-order valence-electron chi connectivity index (χ4n) is 3.38. The van der Waals surface area contributed by atoms with Crippen LogP contribution in [0.3, 0.4) is 0 Å². The van der Waals surface area contributed by atoms with E-state index in [0.717, 1.165) is 36.2 Å². The molecule has 0 bridgehead atoms. The highest BCUT2D eigenvalue weighted by Gasteiger charge is 2.31. The Morgan fingerprint density at radius 2 is 2.00 bits per heavy atom. The molecule has 0 saturated carbocycles. The smallest absolute Gasteiger partial charge is 0.326 e. The maximum atomic E-state index is 12.6. The van der Waals surface area contributed by atoms with Crippen molar-refractivity contribution in [1.82, 2.24) is 19.9 Å². The first kappa shape index (κ1) is 21.9. The van der Waals surface area contributed by atoms with Crippen LogP contribution in [-0.2, 0) is 16.1 Å². The van der Waals surface area contributed by atoms with Gasteiger partial charge in [0.1, 0.15) is 17.4 Å². The molecule has 0 aliphatic heterocycles. The number of aliphatic carboxylic acids is 1. The topological polar surface area (TPSA) is 97.1 Å². The highest BCUT2D eigenvalue weighted by Crippen LogP contribution is 2.25. The zero-order chi connectivity index (χ0) is 20.9. The summed E-state index contributed by atoms with van der Waals surface area (Å²) < 4.78 is 2.17. The van der Waals surface area contributed by atoms with Crippen molar-refractivity contribution in [2.45, 2.75) is 72.9 Å². The van der Waals surface area contributed by atoms with E-state index in [1.54, 1.807) is 12.4 Å². The molecule has 0 spiro atoms. The van der Waals surface area contributed by atoms with Crippen molar-refractivity contribution in [3.8, 4) is 0 Å². The average molecular weight is 389 g/mol. The van der Waals surface area contributed by atoms with E-state index in [-0.39, 0.29) is 11.8 Å². The summed E-state index contributed by atoms with van der Waals surface area (Å²) in [7, 11) is 0. The highest BCUT2D eigenvalue weighted by molar-refractivity contribution is 5.86. The van der Waals surface area contributed by atoms with Crippen molar-refractivity contribution in [1.29, 1.82) is 0 Å². The van der Waals surface area contributed by atoms with Gasteiger partial charge in [0.15, 0.2) is 0 Å². The van der Waals surface area contributed by atoms with Crippen molar-refractivity contribution in [2.75, 3.05) is 0 Å². The van der Waals surface area contributed by atoms with Crippen LogP contribution in [0.15, 0.2) is 18.5 Å². The number of carboxylic acid groups (broad SMARTS) is 1. The zero-order valence-corrected chi connectivity index (χ0v) is 17.5. The molecule has 0 radical (unpaired) electrons. The summed E-state index contributed by atoms with van der Waals surface area (Å²) in [6.07, 6.45) is 6.44. The Bertz CT molecular complexity index is 826. The van der Waals surface area contributed by atoms with E-state index in [0.29, 0.717) is 12.8 Å². The molecule has 0 aliphatic rings. The van der Waals surface area contributed by atoms with Crippen molar-refractivity contribution < 1.29 is 14.7 Å². The largest absolute Gasteiger partial charge is 0.480 e. The summed E-state index contributed by atoms with van der Waals surface area (Å²) in [4.78, 5) is 32.6. The maximum Gasteiger partial charge on any atom is 0.326 e. The van der Waals surface area contributed by atoms with Gasteiger partial charge >= 0.3 is 5.97 Å². The number of unbranched alkanes of at least 4 members (excludes halogenated alkanes) is 1. The Hall–Kier alpha value is -2.44. The normalized spacial score (nSPS) is 13.1. The minimum absolute atomic E-state index is 0.198. The number of hydrogen-bond acceptors (Lipinski definition) is 4. The monoisotopic (exact) mass is 388 g/mol. The molecular formula is C21H32N4O3. The molecule has 2 aromatic heterocycles. The van der Waals surface area contributed by atoms with Crippen LogP contribution in [-0.4, -0.2) is 37.6 Å². The molecule has 2 N–H and O–H groups in total. The second-order valence-electron chi connectivity index (χ2n) is 8.51. The number of rotatable bonds is 10. The number of nitrogens with zero attached hydrogens (tertiary/aromatic N) is 3. The van der Waals surface area contributed by atoms with Crippen LogP contribution < -0.4 is 5.32 Å². The average Bonchev–Trinajstić information content (AvgIpc) is 2.93. The lowest BCUT2D eigenvalue weighted by Gasteiger charge is -2.26. The molecule has 154 valence electrons. The van der Waals surface area contributed by atoms with Gasteiger partial charge in [-0.25, -0.2) is 9.78 Å². The Labute approximate surface area is 166 Å². The summed E-state index contributed by atoms with van der Waals surface area (Å²) in [5.74, 6) is -0.0170. The summed E-state index contributed by atoms with van der Waals surface area (Å²) in [5, 5.41) is 12.1. The minimum atomic E-state index is -0.977. The summed E-state index contributed by atoms with van der Waals surface area (Å²) in [6.45, 7) is 10.5. The van der Waals surface area contributed by atoms with Gasteiger partial charge < -0.3 is 15.0 Å². The number of aryl methyl sites for hydroxylation is 2. The zero-order valence-electron chi connectivity index (χ0n) is 17.5. The second-order valence-corrected chi connectivity index (χ2v) is 8.51. The van der Waals surface area contributed by atoms with Crippen LogP contribution in [0, 0.1) is 18.3 Å². The van der Waals surface area contributed by atoms with Crippen LogP contribution in [0.1, 0.15) is 59.2 Å². The number of aromatic nitrogens is 3. The lowest BCUT2D eigenvalue weighted by atomic mass is 9.85. The van der Waals surface area contributed by atoms with E-state index in [1.807, 2.05) is 40.7 Å². The van der Waals surface area contributed by atoms with E-state index < -0.39 is 17.4 Å². The highest BCUT2D eigenvalue weighted by atomic mass is 16.4. The number of carboxylic acids is 1. The Morgan fingerprint density at radius 1 is 1.29 bits per heavy atom. The van der Waals surface area contributed by atoms with Crippen LogP contribution >= 0.6 is 0 Å². The predicted molar refractivity (Wildman–Crippen MR) is 109 cm³/mol. The van der Waals surface area contributed by atoms with Gasteiger partial charge in [0.25, 0.3) is 0 Å². The summed E-state index contributed by atoms with van der Waals surface area (Å²) >= 11 is 0. The molecule has 7 heteroatoms. The molecular weight excluding hydrogens is 356 g/mol. The van der Waals surface area contributed by atoms with E-state index >= 15 is 0 Å². The number of hydrogen-bond donors (Lipinski definition) is 2. The number of imidazole rings is 1. The minimum Gasteiger partial charge on any atom is -0.480 e. The molecule has 1 atom stereocenters. The van der Waals surface area contributed by atoms with Gasteiger partial charge in [-0.1, -0.05) is 34.1 Å². The first-order chi connectivity index (χ1) is 13.1. The number of nitrogens with one attached hydrogen (secondary N) is 1. The fourth-order valence-corrected chi connectivity index (χ4v) is 3.38. The van der Waals surface area contributed by atoms with Crippen molar-refractivity contribution in [2.24, 2.45) is 11.3 Å². The molecule has 0 saturated heterocycles. The lowest BCUT2D eigenvalue weighted by Crippen LogP contribution is -2.47. The second kappa shape index (κ2) is 9.17. The van der Waals surface area contributed by atoms with Crippen LogP contribution in [0.25, 0.3) is 11.0 Å². The van der Waals surface area contributed by atoms with Crippen molar-refractivity contribution >= 4 is 22.9 Å². The van der Waals surface area contributed by atoms with Crippen molar-refractivity contribution in [3.63, 3.8) is 0 Å². The van der Waals surface area contributed by atoms with Crippen LogP contribution in [0.2, 0.25) is 0 Å². The predicted octanol–water partition coefficient (Wildman–Crippen LogP) is 3.55. The third-order valence-corrected chi connectivity index (χ3v) is 5.10. The van der Waals surface area contributed by atoms with Gasteiger partial charge in [0, 0.05) is 18.2 Å². The van der Waals surface area contributed by atoms with Gasteiger partial charge in [-0.2, -0.15) is 0 Å². The fraction of sp³-hybridized carbons (Fsp3) is 0.619. The number of fused-ring (bicyclic) bond motifs is 1. The summed E-state index contributed by atoms with van der Waals surface area (Å²) in [5.41, 5.74) is 1.35. The number of amides is 1. The molecule has 2 rings (SSSR count). The molecule has 28 heavy (non-hydrogen) atoms. The van der Waals surface area contributed by atoms with Gasteiger partial charge in [0.05, 0.1) is 11.7 Å². The van der Waals surface area contributed by atoms with Gasteiger partial charge in [-0.05, 0) is 38.2 Å². The lowest BCUT2D eigenvalue weighted by molar-refractivity contribution is -0.144. The first-order valence-electron chi connectivity index (χ1n) is 9.92. The molecule has 2 heterocycles. The molecule has 0 aromatic carbocycles. The SMILES string of the molecule is Cc1nc2cnccc2n1CCCCC(C)(C)C(=O)N[C@@H](CC(C)C)C(=O)O. The van der Waals surface area contributed by atoms with Crippen LogP contribution in [0.4, 0.5) is 0 Å². The third kappa shape index (κ3) is 5.53. The number of pyridine rings is 1. The van der Waals surface area contributed by atoms with Gasteiger partial charge in [-0.15, -0.1) is 0 Å². The standard InChI is InChI=1S/C21H32N4O3/c1-14(2)12-16(19(26)27)24-20(28)21(4,5)9-6-7-11-25-15(3)23-17-13-22-10-8-18(17)25/h8,10,13-14,16H,6-7,9,11-12H2,1-5H3,(H,24,28)(H,26,27)/t16-/m0/s1. The van der Waals surface area contributed by atoms with Crippen LogP contribution in [0.5, 0.6) is 0 Å². The summed E-state index contributed by atoms with van der Waals surface area (Å²) in [6, 6.07) is 1.13. The molecule has 2 aromatic rings. The van der Waals surface area contributed by atoms with Gasteiger partial charge in [-0.3, -0.25) is 9.78 Å². The van der Waals surface area contributed by atoms with E-state index in [1.165, 1.54) is 0 Å². The Morgan fingerprint density at radius 3 is 2.64 bits per heavy atom. The van der Waals surface area contributed by atoms with Crippen molar-refractivity contribution in [3.05, 3.63) is 24.3 Å². The number of carbonyl (C=O) groups excluding carboxylic acids is 1. The Balaban J connectivity index is 1.89. The molecule has 7 nitrogen and oxygen atoms in total. The first-order valence-corrected chi connectivity index (χ1v) is 9.92. The quantitative estimate of drug-likeness (QED) is 0.607. The molecule has 0 aliphatic carbocycles. The number of carbonyl (C=O) groups is 2.